The number of aromatic nitrogens is 3. The maximum atomic E-state index is 6.57. The molecule has 30 aromatic rings. The number of hydrogen-bond donors (Lipinski definition) is 0. The molecule has 0 aliphatic carbocycles. The number of nitrogens with zero attached hydrogens (tertiary/aromatic N) is 3. The lowest BCUT2D eigenvalue weighted by Crippen LogP contribution is -1.92. The molecule has 0 aliphatic heterocycles. The Morgan fingerprint density at radius 2 is 0.454 bits per heavy atom. The summed E-state index contributed by atoms with van der Waals surface area (Å²) in [6.45, 7) is 0. The van der Waals surface area contributed by atoms with Gasteiger partial charge in [-0.3, -0.25) is 0 Å². The third-order valence-electron chi connectivity index (χ3n) is 28.2. The van der Waals surface area contributed by atoms with Gasteiger partial charge in [0, 0.05) is 107 Å². The van der Waals surface area contributed by atoms with Gasteiger partial charge in [-0.15, -0.1) is 34.0 Å². The van der Waals surface area contributed by atoms with Crippen LogP contribution < -0.4 is 0 Å². The second-order valence-electron chi connectivity index (χ2n) is 36.4. The summed E-state index contributed by atoms with van der Waals surface area (Å²) in [5, 5.41) is 14.6. The monoisotopic (exact) mass is 1850 g/mol. The molecule has 0 saturated heterocycles. The molecule has 9 heteroatoms. The number of furan rings is 3. The molecular formula is C132H81N3O3S3. The van der Waals surface area contributed by atoms with Gasteiger partial charge < -0.3 is 27.0 Å². The lowest BCUT2D eigenvalue weighted by atomic mass is 9.95. The van der Waals surface area contributed by atoms with Crippen molar-refractivity contribution in [2.24, 2.45) is 0 Å². The summed E-state index contributed by atoms with van der Waals surface area (Å²) in [6.07, 6.45) is 0. The summed E-state index contributed by atoms with van der Waals surface area (Å²) >= 11 is 5.64. The zero-order chi connectivity index (χ0) is 92.7. The Kier molecular flexibility index (Phi) is 19.5. The first-order valence-electron chi connectivity index (χ1n) is 47.8. The lowest BCUT2D eigenvalue weighted by Gasteiger charge is -2.10. The molecule has 0 unspecified atom stereocenters. The largest absolute Gasteiger partial charge is 0.456 e. The predicted octanol–water partition coefficient (Wildman–Crippen LogP) is 38.7. The third-order valence-corrected chi connectivity index (χ3v) is 31.8. The predicted molar refractivity (Wildman–Crippen MR) is 599 cm³/mol. The Balaban J connectivity index is 0.000000104. The van der Waals surface area contributed by atoms with Gasteiger partial charge in [-0.2, -0.15) is 0 Å². The molecule has 0 bridgehead atoms. The normalized spacial score (nSPS) is 11.8. The van der Waals surface area contributed by atoms with Crippen LogP contribution in [0.3, 0.4) is 0 Å². The number of fused-ring (bicyclic) bond motifs is 24. The maximum absolute atomic E-state index is 6.57. The van der Waals surface area contributed by atoms with Gasteiger partial charge in [0.05, 0.1) is 47.2 Å². The molecule has 141 heavy (non-hydrogen) atoms. The van der Waals surface area contributed by atoms with Crippen molar-refractivity contribution in [3.05, 3.63) is 491 Å². The first kappa shape index (κ1) is 81.6. The van der Waals surface area contributed by atoms with Crippen LogP contribution in [0.2, 0.25) is 0 Å². The van der Waals surface area contributed by atoms with Crippen molar-refractivity contribution in [1.82, 2.24) is 13.7 Å². The highest BCUT2D eigenvalue weighted by Gasteiger charge is 2.26. The van der Waals surface area contributed by atoms with Crippen LogP contribution in [0.15, 0.2) is 505 Å². The van der Waals surface area contributed by atoms with E-state index < -0.39 is 0 Å². The van der Waals surface area contributed by atoms with E-state index in [-0.39, 0.29) is 0 Å². The molecule has 0 amide bonds. The van der Waals surface area contributed by atoms with E-state index in [2.05, 4.69) is 499 Å². The Morgan fingerprint density at radius 1 is 0.156 bits per heavy atom. The average Bonchev–Trinajstić information content (AvgIpc) is 1.57. The smallest absolute Gasteiger partial charge is 0.143 e. The molecule has 0 radical (unpaired) electrons. The van der Waals surface area contributed by atoms with Crippen molar-refractivity contribution in [3.8, 4) is 117 Å². The fourth-order valence-corrected chi connectivity index (χ4v) is 25.2. The van der Waals surface area contributed by atoms with Crippen LogP contribution in [0.5, 0.6) is 0 Å². The molecule has 0 aliphatic rings. The Hall–Kier alpha value is -17.7. The third kappa shape index (κ3) is 13.9. The van der Waals surface area contributed by atoms with Crippen LogP contribution in [0.4, 0.5) is 0 Å². The maximum Gasteiger partial charge on any atom is 0.143 e. The Labute approximate surface area is 822 Å². The number of benzene rings is 21. The van der Waals surface area contributed by atoms with Gasteiger partial charge >= 0.3 is 0 Å². The molecule has 9 heterocycles. The summed E-state index contributed by atoms with van der Waals surface area (Å²) < 4.78 is 34.7. The summed E-state index contributed by atoms with van der Waals surface area (Å²) in [5.41, 5.74) is 37.7. The minimum Gasteiger partial charge on any atom is -0.456 e. The highest BCUT2D eigenvalue weighted by molar-refractivity contribution is 7.27. The van der Waals surface area contributed by atoms with E-state index >= 15 is 0 Å². The number of thiophene rings is 3. The van der Waals surface area contributed by atoms with Gasteiger partial charge in [0.1, 0.15) is 33.5 Å². The van der Waals surface area contributed by atoms with Crippen LogP contribution >= 0.6 is 34.0 Å². The highest BCUT2D eigenvalue weighted by atomic mass is 32.1. The molecule has 21 aromatic carbocycles. The standard InChI is InChI=1S/3C44H27NOS/c1-3-12-28(13-4-1)34-20-10-21-36-41-33(19-11-23-39(41)46-43(34)36)31-15-9-14-29(26-31)30-24-25-40-37(27-30)42-44(47-40)35-18-7-8-22-38(35)45(42)32-16-5-2-6-17-32;1-3-11-28(12-4-1)30-21-23-40-37(26-30)35-19-10-18-34(43(35)46-40)32-14-9-13-29(25-32)31-22-24-41-38(27-31)42-44(47-41)36-17-7-8-20-39(36)45(42)33-15-5-2-6-16-33;1-3-10-28(11-4-1)32-18-21-35-36-22-19-33(27-41(36)46-40(35)26-32)30-13-9-12-29(24-30)31-20-23-42-38(25-31)43-44(47-42)37-16-7-8-17-39(37)45(43)34-14-5-2-6-15-34/h3*1-27H. The SMILES string of the molecule is c1ccc(-c2ccc3c(c2)oc2cc(-c4cccc(-c5ccc6sc7c8ccccc8n(-c8ccccc8)c7c6c5)c4)ccc23)cc1.c1ccc(-c2ccc3oc4c(-c5cccc(-c6ccc7sc8c9ccccc9n(-c9ccccc9)c8c7c6)c5)cccc4c3c2)cc1.c1ccc(-c2cccc3c2oc2cccc(-c4cccc(-c5ccc6sc7c8ccccc8n(-c8ccccc8)c7c6c5)c4)c23)cc1. The molecule has 30 rings (SSSR count). The van der Waals surface area contributed by atoms with Crippen LogP contribution in [0.1, 0.15) is 0 Å². The minimum atomic E-state index is 0.905. The van der Waals surface area contributed by atoms with Crippen LogP contribution in [-0.2, 0) is 0 Å². The highest BCUT2D eigenvalue weighted by Crippen LogP contribution is 2.51. The molecule has 0 spiro atoms. The van der Waals surface area contributed by atoms with Gasteiger partial charge in [-0.25, -0.2) is 0 Å². The first-order valence-corrected chi connectivity index (χ1v) is 50.2. The van der Waals surface area contributed by atoms with Crippen LogP contribution in [0.25, 0.3) is 277 Å². The van der Waals surface area contributed by atoms with Crippen LogP contribution in [-0.4, -0.2) is 13.7 Å². The lowest BCUT2D eigenvalue weighted by molar-refractivity contribution is 0.669. The van der Waals surface area contributed by atoms with Gasteiger partial charge in [0.15, 0.2) is 0 Å². The zero-order valence-corrected chi connectivity index (χ0v) is 78.5. The Bertz CT molecular complexity index is 10200. The zero-order valence-electron chi connectivity index (χ0n) is 76.1. The van der Waals surface area contributed by atoms with E-state index in [0.29, 0.717) is 0 Å². The van der Waals surface area contributed by atoms with Gasteiger partial charge in [-0.05, 0) is 241 Å². The average molecular weight is 1850 g/mol. The Morgan fingerprint density at radius 3 is 0.915 bits per heavy atom. The second kappa shape index (κ2) is 33.6. The van der Waals surface area contributed by atoms with Crippen molar-refractivity contribution >= 4 is 193 Å². The summed E-state index contributed by atoms with van der Waals surface area (Å²) in [5.74, 6) is 0. The van der Waals surface area contributed by atoms with Crippen molar-refractivity contribution in [2.45, 2.75) is 0 Å². The number of rotatable bonds is 12. The summed E-state index contributed by atoms with van der Waals surface area (Å²) in [4.78, 5) is 0. The van der Waals surface area contributed by atoms with E-state index in [1.807, 2.05) is 40.1 Å². The fraction of sp³-hybridized carbons (Fsp3) is 0. The van der Waals surface area contributed by atoms with E-state index in [4.69, 9.17) is 13.3 Å². The summed E-state index contributed by atoms with van der Waals surface area (Å²) in [6, 6.07) is 176. The first-order chi connectivity index (χ1) is 69.9. The van der Waals surface area contributed by atoms with E-state index in [1.165, 1.54) is 177 Å². The van der Waals surface area contributed by atoms with Crippen LogP contribution in [0, 0.1) is 0 Å². The van der Waals surface area contributed by atoms with Crippen molar-refractivity contribution in [1.29, 1.82) is 0 Å². The molecule has 0 fully saturated rings. The van der Waals surface area contributed by atoms with Gasteiger partial charge in [0.2, 0.25) is 0 Å². The fourth-order valence-electron chi connectivity index (χ4n) is 21.6. The van der Waals surface area contributed by atoms with Gasteiger partial charge in [-0.1, -0.05) is 340 Å². The molecule has 0 atom stereocenters. The van der Waals surface area contributed by atoms with Crippen molar-refractivity contribution in [2.75, 3.05) is 0 Å². The van der Waals surface area contributed by atoms with E-state index in [9.17, 15) is 0 Å². The molecule has 9 aromatic heterocycles. The minimum absolute atomic E-state index is 0.905. The molecule has 660 valence electrons. The molecular weight excluding hydrogens is 1770 g/mol. The summed E-state index contributed by atoms with van der Waals surface area (Å²) in [7, 11) is 0. The van der Waals surface area contributed by atoms with Crippen molar-refractivity contribution < 1.29 is 13.3 Å². The number of para-hydroxylation sites is 8. The topological polar surface area (TPSA) is 54.2 Å². The molecule has 0 N–H and O–H groups in total. The van der Waals surface area contributed by atoms with E-state index in [1.54, 1.807) is 0 Å². The molecule has 0 saturated carbocycles. The second-order valence-corrected chi connectivity index (χ2v) is 39.5. The van der Waals surface area contributed by atoms with E-state index in [0.717, 1.165) is 99.2 Å². The molecule has 6 nitrogen and oxygen atoms in total. The quantitative estimate of drug-likeness (QED) is 0.122. The number of hydrogen-bond acceptors (Lipinski definition) is 6. The van der Waals surface area contributed by atoms with Crippen molar-refractivity contribution in [3.63, 3.8) is 0 Å². The van der Waals surface area contributed by atoms with Gasteiger partial charge in [0.25, 0.3) is 0 Å².